The molecule has 0 aliphatic heterocycles. The molecule has 1 rings (SSSR count). The predicted molar refractivity (Wildman–Crippen MR) is 54.9 cm³/mol. The zero-order chi connectivity index (χ0) is 12.0. The van der Waals surface area contributed by atoms with Crippen LogP contribution in [0, 0.1) is 0 Å². The molecule has 1 aromatic rings. The van der Waals surface area contributed by atoms with Gasteiger partial charge in [-0.1, -0.05) is 0 Å². The Morgan fingerprint density at radius 3 is 2.81 bits per heavy atom. The zero-order valence-electron chi connectivity index (χ0n) is 8.33. The summed E-state index contributed by atoms with van der Waals surface area (Å²) in [6, 6.07) is 1.57. The summed E-state index contributed by atoms with van der Waals surface area (Å²) >= 11 is 0. The second kappa shape index (κ2) is 5.52. The molecule has 0 aliphatic carbocycles. The van der Waals surface area contributed by atoms with Crippen LogP contribution in [0.1, 0.15) is 12.1 Å². The minimum Gasteiger partial charge on any atom is -0.481 e. The lowest BCUT2D eigenvalue weighted by atomic mass is 10.4. The van der Waals surface area contributed by atoms with Gasteiger partial charge in [0.05, 0.1) is 24.4 Å². The maximum Gasteiger partial charge on any atom is 0.304 e. The van der Waals surface area contributed by atoms with Crippen molar-refractivity contribution in [3.8, 4) is 0 Å². The third-order valence-corrected chi connectivity index (χ3v) is 3.03. The van der Waals surface area contributed by atoms with Crippen LogP contribution < -0.4 is 4.72 Å². The van der Waals surface area contributed by atoms with Crippen LogP contribution in [0.2, 0.25) is 0 Å². The number of carbonyl (C=O) groups is 1. The van der Waals surface area contributed by atoms with E-state index in [2.05, 4.69) is 14.7 Å². The first kappa shape index (κ1) is 12.5. The topological polar surface area (TPSA) is 109 Å². The maximum atomic E-state index is 11.3. The second-order valence-electron chi connectivity index (χ2n) is 2.98. The molecule has 0 atom stereocenters. The molecule has 0 fully saturated rings. The predicted octanol–water partition coefficient (Wildman–Crippen LogP) is -0.629. The summed E-state index contributed by atoms with van der Waals surface area (Å²) in [6.07, 6.45) is 2.38. The van der Waals surface area contributed by atoms with Crippen molar-refractivity contribution in [2.45, 2.75) is 13.0 Å². The lowest BCUT2D eigenvalue weighted by Gasteiger charge is -2.04. The average Bonchev–Trinajstić information content (AvgIpc) is 2.26. The molecular formula is C8H11N3O4S. The highest BCUT2D eigenvalue weighted by Gasteiger charge is 2.12. The number of rotatable bonds is 6. The van der Waals surface area contributed by atoms with Gasteiger partial charge in [0.2, 0.25) is 10.0 Å². The van der Waals surface area contributed by atoms with Crippen LogP contribution >= 0.6 is 0 Å². The van der Waals surface area contributed by atoms with Gasteiger partial charge in [-0.05, 0) is 6.07 Å². The first-order valence-electron chi connectivity index (χ1n) is 4.43. The number of carboxylic acid groups (broad SMARTS) is 1. The second-order valence-corrected chi connectivity index (χ2v) is 4.91. The third-order valence-electron chi connectivity index (χ3n) is 1.70. The summed E-state index contributed by atoms with van der Waals surface area (Å²) in [7, 11) is -3.57. The standard InChI is InChI=1S/C8H11N3O4S/c12-8(13)2-4-16(14,15)11-5-7-1-3-9-6-10-7/h1,3,6,11H,2,4-5H2,(H,12,13). The van der Waals surface area contributed by atoms with Crippen molar-refractivity contribution in [1.82, 2.24) is 14.7 Å². The smallest absolute Gasteiger partial charge is 0.304 e. The Hall–Kier alpha value is -1.54. The van der Waals surface area contributed by atoms with Crippen molar-refractivity contribution in [2.75, 3.05) is 5.75 Å². The normalized spacial score (nSPS) is 11.2. The minimum absolute atomic E-state index is 0.0322. The monoisotopic (exact) mass is 245 g/mol. The van der Waals surface area contributed by atoms with E-state index >= 15 is 0 Å². The van der Waals surface area contributed by atoms with Crippen molar-refractivity contribution < 1.29 is 18.3 Å². The van der Waals surface area contributed by atoms with Gasteiger partial charge in [0.25, 0.3) is 0 Å². The van der Waals surface area contributed by atoms with E-state index in [4.69, 9.17) is 5.11 Å². The highest BCUT2D eigenvalue weighted by molar-refractivity contribution is 7.89. The Labute approximate surface area is 92.6 Å². The van der Waals surface area contributed by atoms with Crippen LogP contribution in [-0.2, 0) is 21.4 Å². The Kier molecular flexibility index (Phi) is 4.32. The van der Waals surface area contributed by atoms with E-state index in [0.29, 0.717) is 5.69 Å². The van der Waals surface area contributed by atoms with Gasteiger partial charge in [-0.25, -0.2) is 23.1 Å². The number of hydrogen-bond acceptors (Lipinski definition) is 5. The van der Waals surface area contributed by atoms with Gasteiger partial charge in [-0.2, -0.15) is 0 Å². The molecule has 0 bridgehead atoms. The van der Waals surface area contributed by atoms with E-state index in [-0.39, 0.29) is 6.54 Å². The number of nitrogens with one attached hydrogen (secondary N) is 1. The zero-order valence-corrected chi connectivity index (χ0v) is 9.14. The molecule has 0 spiro atoms. The van der Waals surface area contributed by atoms with Gasteiger partial charge in [0.15, 0.2) is 0 Å². The lowest BCUT2D eigenvalue weighted by Crippen LogP contribution is -2.27. The molecule has 1 aromatic heterocycles. The van der Waals surface area contributed by atoms with E-state index in [1.54, 1.807) is 6.07 Å². The number of aliphatic carboxylic acids is 1. The Bertz CT molecular complexity index is 446. The van der Waals surface area contributed by atoms with Gasteiger partial charge in [0, 0.05) is 6.20 Å². The van der Waals surface area contributed by atoms with E-state index in [1.165, 1.54) is 12.5 Å². The first-order chi connectivity index (χ1) is 7.49. The molecule has 7 nitrogen and oxygen atoms in total. The molecule has 0 saturated heterocycles. The fourth-order valence-corrected chi connectivity index (χ4v) is 1.86. The first-order valence-corrected chi connectivity index (χ1v) is 6.09. The number of nitrogens with zero attached hydrogens (tertiary/aromatic N) is 2. The Balaban J connectivity index is 2.45. The number of carboxylic acids is 1. The Morgan fingerprint density at radius 1 is 1.50 bits per heavy atom. The fourth-order valence-electron chi connectivity index (χ4n) is 0.900. The maximum absolute atomic E-state index is 11.3. The molecule has 0 radical (unpaired) electrons. The van der Waals surface area contributed by atoms with Gasteiger partial charge >= 0.3 is 5.97 Å². The summed E-state index contributed by atoms with van der Waals surface area (Å²) in [6.45, 7) is 0.0322. The van der Waals surface area contributed by atoms with Gasteiger partial charge in [-0.3, -0.25) is 4.79 Å². The van der Waals surface area contributed by atoms with Gasteiger partial charge in [0.1, 0.15) is 6.33 Å². The highest BCUT2D eigenvalue weighted by Crippen LogP contribution is 1.94. The number of aromatic nitrogens is 2. The molecule has 88 valence electrons. The summed E-state index contributed by atoms with van der Waals surface area (Å²) in [5, 5.41) is 8.35. The van der Waals surface area contributed by atoms with Crippen molar-refractivity contribution in [1.29, 1.82) is 0 Å². The van der Waals surface area contributed by atoms with Crippen LogP contribution in [0.25, 0.3) is 0 Å². The van der Waals surface area contributed by atoms with Crippen LogP contribution in [0.4, 0.5) is 0 Å². The largest absolute Gasteiger partial charge is 0.481 e. The van der Waals surface area contributed by atoms with Crippen LogP contribution in [-0.4, -0.2) is 35.2 Å². The van der Waals surface area contributed by atoms with E-state index in [1.807, 2.05) is 0 Å². The minimum atomic E-state index is -3.57. The van der Waals surface area contributed by atoms with Crippen molar-refractivity contribution in [3.05, 3.63) is 24.3 Å². The highest BCUT2D eigenvalue weighted by atomic mass is 32.2. The molecular weight excluding hydrogens is 234 g/mol. The van der Waals surface area contributed by atoms with E-state index < -0.39 is 28.2 Å². The Morgan fingerprint density at radius 2 is 2.25 bits per heavy atom. The van der Waals surface area contributed by atoms with Gasteiger partial charge < -0.3 is 5.11 Å². The molecule has 0 amide bonds. The summed E-state index contributed by atoms with van der Waals surface area (Å²) in [5.41, 5.74) is 0.522. The fraction of sp³-hybridized carbons (Fsp3) is 0.375. The van der Waals surface area contributed by atoms with Crippen molar-refractivity contribution in [3.63, 3.8) is 0 Å². The summed E-state index contributed by atoms with van der Waals surface area (Å²) in [5.74, 6) is -1.58. The number of sulfonamides is 1. The molecule has 0 saturated carbocycles. The number of hydrogen-bond donors (Lipinski definition) is 2. The SMILES string of the molecule is O=C(O)CCS(=O)(=O)NCc1ccncn1. The molecule has 0 unspecified atom stereocenters. The van der Waals surface area contributed by atoms with E-state index in [9.17, 15) is 13.2 Å². The van der Waals surface area contributed by atoms with Crippen molar-refractivity contribution in [2.24, 2.45) is 0 Å². The van der Waals surface area contributed by atoms with Crippen LogP contribution in [0.15, 0.2) is 18.6 Å². The third kappa shape index (κ3) is 4.80. The molecule has 0 aliphatic rings. The summed E-state index contributed by atoms with van der Waals surface area (Å²) < 4.78 is 24.8. The van der Waals surface area contributed by atoms with Gasteiger partial charge in [-0.15, -0.1) is 0 Å². The average molecular weight is 245 g/mol. The molecule has 16 heavy (non-hydrogen) atoms. The summed E-state index contributed by atoms with van der Waals surface area (Å²) in [4.78, 5) is 17.7. The molecule has 0 aromatic carbocycles. The van der Waals surface area contributed by atoms with Crippen LogP contribution in [0.3, 0.4) is 0 Å². The van der Waals surface area contributed by atoms with E-state index in [0.717, 1.165) is 0 Å². The quantitative estimate of drug-likeness (QED) is 0.690. The molecule has 8 heteroatoms. The lowest BCUT2D eigenvalue weighted by molar-refractivity contribution is -0.136. The molecule has 1 heterocycles. The van der Waals surface area contributed by atoms with Crippen LogP contribution in [0.5, 0.6) is 0 Å². The van der Waals surface area contributed by atoms with Crippen molar-refractivity contribution >= 4 is 16.0 Å². The molecule has 2 N–H and O–H groups in total.